The van der Waals surface area contributed by atoms with Crippen LogP contribution in [0.4, 0.5) is 6.01 Å². The Morgan fingerprint density at radius 3 is 2.87 bits per heavy atom. The molecule has 0 fully saturated rings. The summed E-state index contributed by atoms with van der Waals surface area (Å²) in [7, 11) is 0. The first-order valence-corrected chi connectivity index (χ1v) is 10.7. The molecule has 2 atom stereocenters. The minimum Gasteiger partial charge on any atom is -0.412 e. The van der Waals surface area contributed by atoms with Crippen LogP contribution in [0.3, 0.4) is 0 Å². The standard InChI is InChI=1S/C23H21BrN4O2/c1-23(2)11-16-19(17(29)12-23)20(13-6-5-7-14(24)10-13)27-21(25-16)28-22-26-15-8-3-4-9-18(15)30-22/h3-11,19-20H,12H2,1-2H3,(H2,25,26,27,28)/p+1/t19-,20-/m1/s1. The molecule has 1 aliphatic carbocycles. The summed E-state index contributed by atoms with van der Waals surface area (Å²) in [5, 5.41) is 6.58. The summed E-state index contributed by atoms with van der Waals surface area (Å²) in [5.74, 6) is 0.587. The molecule has 2 aromatic carbocycles. The van der Waals surface area contributed by atoms with Gasteiger partial charge in [-0.2, -0.15) is 10.3 Å². The van der Waals surface area contributed by atoms with Gasteiger partial charge in [-0.3, -0.25) is 9.79 Å². The second-order valence-corrected chi connectivity index (χ2v) is 9.41. The molecule has 3 N–H and O–H groups in total. The number of ketones is 1. The van der Waals surface area contributed by atoms with Crippen molar-refractivity contribution < 1.29 is 14.2 Å². The van der Waals surface area contributed by atoms with Gasteiger partial charge in [0.1, 0.15) is 23.3 Å². The van der Waals surface area contributed by atoms with Crippen LogP contribution in [0, 0.1) is 11.3 Å². The van der Waals surface area contributed by atoms with Gasteiger partial charge in [0, 0.05) is 10.9 Å². The summed E-state index contributed by atoms with van der Waals surface area (Å²) in [6.07, 6.45) is 2.68. The molecule has 0 saturated heterocycles. The number of benzene rings is 2. The van der Waals surface area contributed by atoms with Crippen LogP contribution in [0.5, 0.6) is 0 Å². The molecule has 0 saturated carbocycles. The molecule has 0 amide bonds. The van der Waals surface area contributed by atoms with Gasteiger partial charge in [0.25, 0.3) is 0 Å². The number of guanidine groups is 1. The lowest BCUT2D eigenvalue weighted by molar-refractivity contribution is -0.522. The fourth-order valence-electron chi connectivity index (χ4n) is 4.27. The number of carbonyl (C=O) groups is 1. The number of aromatic nitrogens is 1. The molecule has 152 valence electrons. The van der Waals surface area contributed by atoms with Crippen molar-refractivity contribution in [3.05, 3.63) is 70.3 Å². The number of anilines is 1. The summed E-state index contributed by atoms with van der Waals surface area (Å²) >= 11 is 3.55. The van der Waals surface area contributed by atoms with E-state index >= 15 is 0 Å². The zero-order valence-corrected chi connectivity index (χ0v) is 18.3. The largest absolute Gasteiger partial charge is 0.412 e. The average molecular weight is 466 g/mol. The van der Waals surface area contributed by atoms with E-state index in [2.05, 4.69) is 56.5 Å². The van der Waals surface area contributed by atoms with Crippen LogP contribution in [0.15, 0.2) is 69.2 Å². The molecule has 6 nitrogen and oxygen atoms in total. The van der Waals surface area contributed by atoms with Gasteiger partial charge in [0.2, 0.25) is 0 Å². The Bertz CT molecular complexity index is 1180. The van der Waals surface area contributed by atoms with Crippen LogP contribution in [0.1, 0.15) is 31.9 Å². The predicted octanol–water partition coefficient (Wildman–Crippen LogP) is 3.28. The van der Waals surface area contributed by atoms with Crippen molar-refractivity contribution >= 4 is 44.8 Å². The molecule has 30 heavy (non-hydrogen) atoms. The Balaban J connectivity index is 1.56. The van der Waals surface area contributed by atoms with E-state index in [9.17, 15) is 4.79 Å². The molecule has 2 aliphatic rings. The van der Waals surface area contributed by atoms with E-state index in [1.54, 1.807) is 0 Å². The van der Waals surface area contributed by atoms with Gasteiger partial charge >= 0.3 is 12.0 Å². The van der Waals surface area contributed by atoms with E-state index in [-0.39, 0.29) is 23.2 Å². The van der Waals surface area contributed by atoms with Gasteiger partial charge < -0.3 is 4.42 Å². The number of fused-ring (bicyclic) bond motifs is 2. The van der Waals surface area contributed by atoms with E-state index in [1.165, 1.54) is 0 Å². The van der Waals surface area contributed by atoms with Crippen LogP contribution >= 0.6 is 15.9 Å². The number of oxazole rings is 1. The summed E-state index contributed by atoms with van der Waals surface area (Å²) in [4.78, 5) is 21.1. The third-order valence-electron chi connectivity index (χ3n) is 5.49. The molecule has 5 rings (SSSR count). The second kappa shape index (κ2) is 7.09. The number of halogens is 1. The zero-order chi connectivity index (χ0) is 20.9. The third kappa shape index (κ3) is 3.54. The molecule has 0 bridgehead atoms. The molecule has 0 spiro atoms. The predicted molar refractivity (Wildman–Crippen MR) is 119 cm³/mol. The number of hydrogen-bond donors (Lipinski definition) is 3. The highest BCUT2D eigenvalue weighted by molar-refractivity contribution is 9.10. The van der Waals surface area contributed by atoms with Gasteiger partial charge in [-0.05, 0) is 41.3 Å². The van der Waals surface area contributed by atoms with Crippen LogP contribution in [-0.4, -0.2) is 16.7 Å². The van der Waals surface area contributed by atoms with Crippen molar-refractivity contribution in [3.63, 3.8) is 0 Å². The minimum atomic E-state index is -0.276. The van der Waals surface area contributed by atoms with Crippen LogP contribution in [-0.2, 0) is 4.79 Å². The number of hydrogen-bond acceptors (Lipinski definition) is 5. The van der Waals surface area contributed by atoms with E-state index in [0.717, 1.165) is 21.2 Å². The van der Waals surface area contributed by atoms with E-state index < -0.39 is 0 Å². The van der Waals surface area contributed by atoms with Gasteiger partial charge in [0.05, 0.1) is 5.70 Å². The van der Waals surface area contributed by atoms with Crippen molar-refractivity contribution in [2.45, 2.75) is 26.3 Å². The molecule has 1 aliphatic heterocycles. The normalized spacial score (nSPS) is 22.7. The summed E-state index contributed by atoms with van der Waals surface area (Å²) < 4.78 is 6.79. The lowest BCUT2D eigenvalue weighted by Crippen LogP contribution is -2.84. The first-order chi connectivity index (χ1) is 14.4. The molecule has 3 aromatic rings. The quantitative estimate of drug-likeness (QED) is 0.540. The Morgan fingerprint density at radius 1 is 1.23 bits per heavy atom. The maximum atomic E-state index is 13.1. The number of allylic oxidation sites excluding steroid dienone is 1. The summed E-state index contributed by atoms with van der Waals surface area (Å²) in [6, 6.07) is 15.9. The highest BCUT2D eigenvalue weighted by Crippen LogP contribution is 2.38. The number of rotatable bonds is 2. The SMILES string of the molecule is CC1(C)C=C2NC(Nc3nc4ccccc4o3)=[NH+][C@H](c3cccc(Br)c3)[C@H]2C(=O)C1. The molecular formula is C23H22BrN4O2+. The van der Waals surface area contributed by atoms with Crippen molar-refractivity contribution in [1.82, 2.24) is 10.3 Å². The fourth-order valence-corrected chi connectivity index (χ4v) is 4.69. The molecule has 0 unspecified atom stereocenters. The van der Waals surface area contributed by atoms with Gasteiger partial charge in [-0.15, -0.1) is 0 Å². The minimum absolute atomic E-state index is 0.197. The average Bonchev–Trinajstić information content (AvgIpc) is 3.08. The van der Waals surface area contributed by atoms with Gasteiger partial charge in [-0.1, -0.05) is 54.0 Å². The van der Waals surface area contributed by atoms with Gasteiger partial charge in [0.15, 0.2) is 5.58 Å². The van der Waals surface area contributed by atoms with E-state index in [0.29, 0.717) is 24.0 Å². The maximum Gasteiger partial charge on any atom is 0.365 e. The maximum absolute atomic E-state index is 13.1. The summed E-state index contributed by atoms with van der Waals surface area (Å²) in [5.41, 5.74) is 3.24. The van der Waals surface area contributed by atoms with E-state index in [1.807, 2.05) is 48.5 Å². The molecule has 2 heterocycles. The Hall–Kier alpha value is -2.93. The third-order valence-corrected chi connectivity index (χ3v) is 5.99. The molecule has 1 aromatic heterocycles. The Kier molecular flexibility index (Phi) is 4.50. The topological polar surface area (TPSA) is 81.1 Å². The van der Waals surface area contributed by atoms with Crippen LogP contribution < -0.4 is 15.6 Å². The molecular weight excluding hydrogens is 444 g/mol. The number of nitrogens with zero attached hydrogens (tertiary/aromatic N) is 1. The lowest BCUT2D eigenvalue weighted by atomic mass is 9.72. The Morgan fingerprint density at radius 2 is 2.07 bits per heavy atom. The summed E-state index contributed by atoms with van der Waals surface area (Å²) in [6.45, 7) is 4.17. The zero-order valence-electron chi connectivity index (χ0n) is 16.7. The fraction of sp³-hybridized carbons (Fsp3) is 0.261. The molecule has 0 radical (unpaired) electrons. The Labute approximate surface area is 182 Å². The first kappa shape index (κ1) is 19.1. The van der Waals surface area contributed by atoms with Crippen molar-refractivity contribution in [3.8, 4) is 0 Å². The second-order valence-electron chi connectivity index (χ2n) is 8.50. The van der Waals surface area contributed by atoms with E-state index in [4.69, 9.17) is 4.42 Å². The number of Topliss-reactive ketones (excluding diaryl/α,β-unsaturated/α-hetero) is 1. The van der Waals surface area contributed by atoms with Crippen molar-refractivity contribution in [1.29, 1.82) is 0 Å². The lowest BCUT2D eigenvalue weighted by Gasteiger charge is -2.36. The smallest absolute Gasteiger partial charge is 0.365 e. The monoisotopic (exact) mass is 465 g/mol. The number of para-hydroxylation sites is 2. The highest BCUT2D eigenvalue weighted by atomic mass is 79.9. The van der Waals surface area contributed by atoms with Crippen LogP contribution in [0.2, 0.25) is 0 Å². The highest BCUT2D eigenvalue weighted by Gasteiger charge is 2.45. The number of carbonyl (C=O) groups excluding carboxylic acids is 1. The first-order valence-electron chi connectivity index (χ1n) is 9.92. The number of nitrogens with one attached hydrogen (secondary N) is 3. The molecule has 7 heteroatoms. The van der Waals surface area contributed by atoms with Gasteiger partial charge in [-0.25, -0.2) is 5.32 Å². The van der Waals surface area contributed by atoms with Crippen molar-refractivity contribution in [2.24, 2.45) is 11.3 Å². The van der Waals surface area contributed by atoms with Crippen molar-refractivity contribution in [2.75, 3.05) is 5.32 Å². The van der Waals surface area contributed by atoms with Crippen LogP contribution in [0.25, 0.3) is 11.1 Å².